The summed E-state index contributed by atoms with van der Waals surface area (Å²) in [5.41, 5.74) is 0. The molecule has 0 saturated carbocycles. The molecular weight excluding hydrogens is 288 g/mol. The third kappa shape index (κ3) is 10.9. The van der Waals surface area contributed by atoms with E-state index in [1.807, 2.05) is 0 Å². The largest absolute Gasteiger partial charge is 0.119 e. The fraction of sp³-hybridized carbons (Fsp3) is 1.00. The van der Waals surface area contributed by atoms with Crippen LogP contribution in [0, 0.1) is 5.92 Å². The molecule has 0 aliphatic carbocycles. The van der Waals surface area contributed by atoms with Crippen molar-refractivity contribution in [2.45, 2.75) is 129 Å². The number of hydrogen-bond acceptors (Lipinski definition) is 0. The first-order valence-corrected chi connectivity index (χ1v) is 10.7. The number of rotatable bonds is 16. The van der Waals surface area contributed by atoms with Gasteiger partial charge in [-0.25, -0.2) is 0 Å². The third-order valence-corrected chi connectivity index (χ3v) is 6.02. The van der Waals surface area contributed by atoms with Crippen molar-refractivity contribution in [3.05, 3.63) is 0 Å². The first kappa shape index (κ1) is 22.3. The summed E-state index contributed by atoms with van der Waals surface area (Å²) >= 11 is 7.16. The molecule has 0 fully saturated rings. The van der Waals surface area contributed by atoms with E-state index in [-0.39, 0.29) is 4.87 Å². The van der Waals surface area contributed by atoms with Gasteiger partial charge in [0.05, 0.1) is 0 Å². The quantitative estimate of drug-likeness (QED) is 0.196. The molecular formula is C21H43Cl. The van der Waals surface area contributed by atoms with Crippen LogP contribution in [-0.2, 0) is 0 Å². The summed E-state index contributed by atoms with van der Waals surface area (Å²) in [5, 5.41) is 0. The molecule has 1 heteroatoms. The van der Waals surface area contributed by atoms with Crippen LogP contribution in [0.1, 0.15) is 124 Å². The molecule has 0 aliphatic heterocycles. The number of halogens is 1. The zero-order chi connectivity index (χ0) is 16.7. The van der Waals surface area contributed by atoms with Gasteiger partial charge in [-0.2, -0.15) is 0 Å². The first-order valence-electron chi connectivity index (χ1n) is 10.3. The van der Waals surface area contributed by atoms with E-state index >= 15 is 0 Å². The molecule has 0 nitrogen and oxygen atoms in total. The summed E-state index contributed by atoms with van der Waals surface area (Å²) in [5.74, 6) is 0.675. The van der Waals surface area contributed by atoms with Gasteiger partial charge in [-0.15, -0.1) is 11.6 Å². The number of hydrogen-bond donors (Lipinski definition) is 0. The van der Waals surface area contributed by atoms with Crippen LogP contribution < -0.4 is 0 Å². The highest BCUT2D eigenvalue weighted by molar-refractivity contribution is 6.24. The Morgan fingerprint density at radius 2 is 1.05 bits per heavy atom. The highest BCUT2D eigenvalue weighted by atomic mass is 35.5. The van der Waals surface area contributed by atoms with Crippen LogP contribution in [0.25, 0.3) is 0 Å². The zero-order valence-electron chi connectivity index (χ0n) is 16.1. The lowest BCUT2D eigenvalue weighted by atomic mass is 9.81. The predicted octanol–water partition coefficient (Wildman–Crippen LogP) is 8.51. The molecule has 1 atom stereocenters. The van der Waals surface area contributed by atoms with Crippen LogP contribution in [0.15, 0.2) is 0 Å². The van der Waals surface area contributed by atoms with E-state index in [1.165, 1.54) is 96.3 Å². The Kier molecular flexibility index (Phi) is 15.1. The van der Waals surface area contributed by atoms with Crippen molar-refractivity contribution in [3.63, 3.8) is 0 Å². The van der Waals surface area contributed by atoms with E-state index in [0.717, 1.165) is 0 Å². The van der Waals surface area contributed by atoms with E-state index in [1.54, 1.807) is 0 Å². The van der Waals surface area contributed by atoms with E-state index in [2.05, 4.69) is 27.7 Å². The highest BCUT2D eigenvalue weighted by Gasteiger charge is 2.32. The van der Waals surface area contributed by atoms with Gasteiger partial charge in [0, 0.05) is 4.87 Å². The summed E-state index contributed by atoms with van der Waals surface area (Å²) in [6.07, 6.45) is 20.0. The molecule has 0 saturated heterocycles. The fourth-order valence-corrected chi connectivity index (χ4v) is 3.82. The van der Waals surface area contributed by atoms with Gasteiger partial charge in [-0.3, -0.25) is 0 Å². The first-order chi connectivity index (χ1) is 10.6. The molecule has 0 aromatic rings. The van der Waals surface area contributed by atoms with Gasteiger partial charge in [0.2, 0.25) is 0 Å². The number of alkyl halides is 1. The number of unbranched alkanes of at least 4 members (excludes halogenated alkanes) is 9. The molecule has 0 aliphatic rings. The molecule has 0 amide bonds. The standard InChI is InChI=1S/C21H43Cl/c1-5-8-11-14-17-20(4)21(22,18-15-12-9-6-2)19-16-13-10-7-3/h20H,5-19H2,1-4H3. The van der Waals surface area contributed by atoms with Gasteiger partial charge < -0.3 is 0 Å². The molecule has 0 aromatic carbocycles. The zero-order valence-corrected chi connectivity index (χ0v) is 16.8. The average molecular weight is 331 g/mol. The molecule has 0 N–H and O–H groups in total. The fourth-order valence-electron chi connectivity index (χ4n) is 3.45. The summed E-state index contributed by atoms with van der Waals surface area (Å²) in [7, 11) is 0. The van der Waals surface area contributed by atoms with Crippen molar-refractivity contribution < 1.29 is 0 Å². The van der Waals surface area contributed by atoms with Gasteiger partial charge in [-0.1, -0.05) is 105 Å². The molecule has 0 aromatic heterocycles. The van der Waals surface area contributed by atoms with E-state index in [9.17, 15) is 0 Å². The van der Waals surface area contributed by atoms with Gasteiger partial charge in [-0.05, 0) is 25.2 Å². The van der Waals surface area contributed by atoms with Gasteiger partial charge in [0.1, 0.15) is 0 Å². The molecule has 0 spiro atoms. The minimum atomic E-state index is 0.0771. The third-order valence-electron chi connectivity index (χ3n) is 5.27. The Balaban J connectivity index is 4.26. The predicted molar refractivity (Wildman–Crippen MR) is 104 cm³/mol. The van der Waals surface area contributed by atoms with Gasteiger partial charge in [0.25, 0.3) is 0 Å². The summed E-state index contributed by atoms with van der Waals surface area (Å²) < 4.78 is 0. The molecule has 0 heterocycles. The Morgan fingerprint density at radius 1 is 0.636 bits per heavy atom. The minimum Gasteiger partial charge on any atom is -0.119 e. The Bertz CT molecular complexity index is 212. The maximum Gasteiger partial charge on any atom is 0.0472 e. The Hall–Kier alpha value is 0.290. The second-order valence-electron chi connectivity index (χ2n) is 7.41. The van der Waals surface area contributed by atoms with Crippen molar-refractivity contribution in [1.29, 1.82) is 0 Å². The summed E-state index contributed by atoms with van der Waals surface area (Å²) in [6, 6.07) is 0. The SMILES string of the molecule is CCCCCCC(C)C(Cl)(CCCCCC)CCCCCC. The summed E-state index contributed by atoms with van der Waals surface area (Å²) in [4.78, 5) is 0.0771. The molecule has 22 heavy (non-hydrogen) atoms. The van der Waals surface area contributed by atoms with Crippen LogP contribution in [0.5, 0.6) is 0 Å². The van der Waals surface area contributed by atoms with Crippen LogP contribution in [0.2, 0.25) is 0 Å². The molecule has 0 bridgehead atoms. The molecule has 0 radical (unpaired) electrons. The molecule has 134 valence electrons. The van der Waals surface area contributed by atoms with Crippen LogP contribution in [0.4, 0.5) is 0 Å². The van der Waals surface area contributed by atoms with E-state index in [4.69, 9.17) is 11.6 Å². The van der Waals surface area contributed by atoms with Crippen LogP contribution >= 0.6 is 11.6 Å². The Labute approximate surface area is 146 Å². The van der Waals surface area contributed by atoms with E-state index in [0.29, 0.717) is 5.92 Å². The monoisotopic (exact) mass is 330 g/mol. The smallest absolute Gasteiger partial charge is 0.0472 e. The maximum atomic E-state index is 7.16. The Morgan fingerprint density at radius 3 is 1.45 bits per heavy atom. The van der Waals surface area contributed by atoms with Crippen LogP contribution in [-0.4, -0.2) is 4.87 Å². The van der Waals surface area contributed by atoms with Crippen molar-refractivity contribution in [2.24, 2.45) is 5.92 Å². The second kappa shape index (κ2) is 14.9. The van der Waals surface area contributed by atoms with Crippen molar-refractivity contribution >= 4 is 11.6 Å². The lowest BCUT2D eigenvalue weighted by Gasteiger charge is -2.34. The van der Waals surface area contributed by atoms with Crippen molar-refractivity contribution in [3.8, 4) is 0 Å². The van der Waals surface area contributed by atoms with Crippen LogP contribution in [0.3, 0.4) is 0 Å². The molecule has 1 unspecified atom stereocenters. The van der Waals surface area contributed by atoms with E-state index < -0.39 is 0 Å². The second-order valence-corrected chi connectivity index (χ2v) is 8.16. The lowest BCUT2D eigenvalue weighted by molar-refractivity contribution is 0.305. The van der Waals surface area contributed by atoms with Gasteiger partial charge >= 0.3 is 0 Å². The van der Waals surface area contributed by atoms with Crippen molar-refractivity contribution in [2.75, 3.05) is 0 Å². The average Bonchev–Trinajstić information content (AvgIpc) is 2.52. The molecule has 0 rings (SSSR count). The highest BCUT2D eigenvalue weighted by Crippen LogP contribution is 2.39. The minimum absolute atomic E-state index is 0.0771. The van der Waals surface area contributed by atoms with Crippen molar-refractivity contribution in [1.82, 2.24) is 0 Å². The summed E-state index contributed by atoms with van der Waals surface area (Å²) in [6.45, 7) is 9.28. The maximum absolute atomic E-state index is 7.16. The normalized spacial score (nSPS) is 13.5. The lowest BCUT2D eigenvalue weighted by Crippen LogP contribution is -2.30. The van der Waals surface area contributed by atoms with Gasteiger partial charge in [0.15, 0.2) is 0 Å². The topological polar surface area (TPSA) is 0 Å².